The second-order valence-corrected chi connectivity index (χ2v) is 8.85. The van der Waals surface area contributed by atoms with Crippen molar-refractivity contribution in [2.24, 2.45) is 10.7 Å². The summed E-state index contributed by atoms with van der Waals surface area (Å²) in [4.78, 5) is 20.1. The van der Waals surface area contributed by atoms with E-state index in [1.807, 2.05) is 0 Å². The standard InChI is InChI=1S/C23H22F7N3O3/c1-20(2)23(29,30)21(3,33-19(31)36-20)14-8-12(4-6-15(14)24)9-17(34)16-7-5-13(10-32-16)35-11-22(27,28)18(25)26/h4-8,10,18H,9,11H2,1-3H3,(H2,31,33)/t21-/m1/s1. The lowest BCUT2D eigenvalue weighted by molar-refractivity contribution is -0.207. The maximum atomic E-state index is 15.3. The average Bonchev–Trinajstić information content (AvgIpc) is 2.77. The summed E-state index contributed by atoms with van der Waals surface area (Å²) in [5.41, 5.74) is 0.524. The largest absolute Gasteiger partial charge is 0.485 e. The van der Waals surface area contributed by atoms with E-state index in [1.54, 1.807) is 0 Å². The molecular weight excluding hydrogens is 499 g/mol. The van der Waals surface area contributed by atoms with Crippen LogP contribution in [-0.4, -0.2) is 47.3 Å². The van der Waals surface area contributed by atoms with Gasteiger partial charge in [-0.2, -0.15) is 17.6 Å². The van der Waals surface area contributed by atoms with Crippen LogP contribution in [0.1, 0.15) is 42.4 Å². The fraction of sp³-hybridized carbons (Fsp3) is 0.435. The van der Waals surface area contributed by atoms with Crippen LogP contribution in [0.2, 0.25) is 0 Å². The van der Waals surface area contributed by atoms with Crippen LogP contribution in [0.5, 0.6) is 5.75 Å². The van der Waals surface area contributed by atoms with Crippen LogP contribution >= 0.6 is 0 Å². The van der Waals surface area contributed by atoms with Crippen LogP contribution in [0.25, 0.3) is 0 Å². The fourth-order valence-electron chi connectivity index (χ4n) is 3.66. The molecule has 196 valence electrons. The zero-order valence-electron chi connectivity index (χ0n) is 19.3. The molecule has 1 aliphatic heterocycles. The number of benzene rings is 1. The Hall–Kier alpha value is -3.38. The molecule has 1 aromatic heterocycles. The zero-order valence-corrected chi connectivity index (χ0v) is 19.3. The number of aromatic nitrogens is 1. The highest BCUT2D eigenvalue weighted by molar-refractivity contribution is 5.95. The van der Waals surface area contributed by atoms with Gasteiger partial charge in [0.25, 0.3) is 6.02 Å². The first kappa shape index (κ1) is 27.2. The molecule has 2 heterocycles. The highest BCUT2D eigenvalue weighted by Crippen LogP contribution is 2.51. The van der Waals surface area contributed by atoms with Gasteiger partial charge in [0, 0.05) is 12.0 Å². The van der Waals surface area contributed by atoms with Crippen molar-refractivity contribution in [2.75, 3.05) is 6.61 Å². The number of nitrogens with zero attached hydrogens (tertiary/aromatic N) is 2. The second kappa shape index (κ2) is 9.25. The molecule has 1 aromatic carbocycles. The van der Waals surface area contributed by atoms with Crippen LogP contribution < -0.4 is 10.5 Å². The Morgan fingerprint density at radius 2 is 1.83 bits per heavy atom. The van der Waals surface area contributed by atoms with Gasteiger partial charge in [-0.3, -0.25) is 4.79 Å². The van der Waals surface area contributed by atoms with Crippen molar-refractivity contribution in [2.45, 2.75) is 56.6 Å². The molecule has 0 fully saturated rings. The van der Waals surface area contributed by atoms with E-state index in [1.165, 1.54) is 6.07 Å². The van der Waals surface area contributed by atoms with Gasteiger partial charge in [-0.25, -0.2) is 23.1 Å². The number of hydrogen-bond donors (Lipinski definition) is 1. The molecule has 1 atom stereocenters. The van der Waals surface area contributed by atoms with Crippen molar-refractivity contribution in [1.82, 2.24) is 4.98 Å². The van der Waals surface area contributed by atoms with Crippen molar-refractivity contribution in [1.29, 1.82) is 0 Å². The highest BCUT2D eigenvalue weighted by atomic mass is 19.3. The molecular formula is C23H22F7N3O3. The number of Topliss-reactive ketones (excluding diaryl/α,β-unsaturated/α-hetero) is 1. The highest BCUT2D eigenvalue weighted by Gasteiger charge is 2.66. The summed E-state index contributed by atoms with van der Waals surface area (Å²) < 4.78 is 105. The monoisotopic (exact) mass is 521 g/mol. The number of aliphatic imine (C=N–C) groups is 1. The first-order chi connectivity index (χ1) is 16.5. The average molecular weight is 521 g/mol. The summed E-state index contributed by atoms with van der Waals surface area (Å²) in [6.45, 7) is 1.60. The first-order valence-electron chi connectivity index (χ1n) is 10.5. The van der Waals surface area contributed by atoms with Crippen molar-refractivity contribution >= 4 is 11.8 Å². The van der Waals surface area contributed by atoms with Gasteiger partial charge in [-0.15, -0.1) is 0 Å². The SMILES string of the molecule is CC1(C)OC(N)=N[C@](C)(c2cc(CC(=O)c3ccc(OCC(F)(F)C(F)F)cn3)ccc2F)C1(F)F. The predicted molar refractivity (Wildman–Crippen MR) is 114 cm³/mol. The number of nitrogens with two attached hydrogens (primary N) is 1. The quantitative estimate of drug-likeness (QED) is 0.395. The van der Waals surface area contributed by atoms with E-state index in [0.717, 1.165) is 51.2 Å². The predicted octanol–water partition coefficient (Wildman–Crippen LogP) is 4.90. The summed E-state index contributed by atoms with van der Waals surface area (Å²) in [6, 6.07) is 4.86. The van der Waals surface area contributed by atoms with Crippen LogP contribution in [0, 0.1) is 5.82 Å². The summed E-state index contributed by atoms with van der Waals surface area (Å²) in [5, 5.41) is 0. The van der Waals surface area contributed by atoms with E-state index in [0.29, 0.717) is 0 Å². The molecule has 0 unspecified atom stereocenters. The number of pyridine rings is 1. The van der Waals surface area contributed by atoms with Crippen LogP contribution in [0.15, 0.2) is 41.5 Å². The molecule has 3 rings (SSSR count). The third-order valence-corrected chi connectivity index (χ3v) is 5.75. The fourth-order valence-corrected chi connectivity index (χ4v) is 3.66. The molecule has 0 amide bonds. The third kappa shape index (κ3) is 4.96. The minimum Gasteiger partial charge on any atom is -0.485 e. The van der Waals surface area contributed by atoms with Crippen molar-refractivity contribution in [3.8, 4) is 5.75 Å². The van der Waals surface area contributed by atoms with Gasteiger partial charge in [-0.05, 0) is 50.6 Å². The molecule has 1 aliphatic rings. The van der Waals surface area contributed by atoms with Gasteiger partial charge in [0.2, 0.25) is 0 Å². The topological polar surface area (TPSA) is 86.8 Å². The number of halogens is 7. The third-order valence-electron chi connectivity index (χ3n) is 5.75. The van der Waals surface area contributed by atoms with Crippen molar-refractivity contribution in [3.63, 3.8) is 0 Å². The number of ether oxygens (including phenoxy) is 2. The van der Waals surface area contributed by atoms with Gasteiger partial charge < -0.3 is 15.2 Å². The Labute approximate surface area is 201 Å². The molecule has 0 bridgehead atoms. The van der Waals surface area contributed by atoms with Crippen molar-refractivity contribution < 1.29 is 45.0 Å². The van der Waals surface area contributed by atoms with E-state index >= 15 is 8.78 Å². The number of rotatable bonds is 8. The maximum Gasteiger partial charge on any atom is 0.340 e. The van der Waals surface area contributed by atoms with E-state index in [-0.39, 0.29) is 23.4 Å². The number of carbonyl (C=O) groups is 1. The lowest BCUT2D eigenvalue weighted by atomic mass is 9.76. The van der Waals surface area contributed by atoms with Gasteiger partial charge in [0.15, 0.2) is 23.5 Å². The molecule has 0 saturated heterocycles. The summed E-state index contributed by atoms with van der Waals surface area (Å²) >= 11 is 0. The molecule has 2 N–H and O–H groups in total. The Morgan fingerprint density at radius 3 is 2.42 bits per heavy atom. The summed E-state index contributed by atoms with van der Waals surface area (Å²) in [6.07, 6.45) is -3.40. The molecule has 0 radical (unpaired) electrons. The van der Waals surface area contributed by atoms with Gasteiger partial charge in [0.05, 0.1) is 6.20 Å². The molecule has 0 saturated carbocycles. The minimum atomic E-state index is -4.36. The van der Waals surface area contributed by atoms with Crippen molar-refractivity contribution in [3.05, 3.63) is 59.2 Å². The molecule has 36 heavy (non-hydrogen) atoms. The Morgan fingerprint density at radius 1 is 1.17 bits per heavy atom. The normalized spacial score (nSPS) is 21.0. The lowest BCUT2D eigenvalue weighted by Crippen LogP contribution is -2.62. The summed E-state index contributed by atoms with van der Waals surface area (Å²) in [5.74, 6) is -9.96. The molecule has 13 heteroatoms. The Kier molecular flexibility index (Phi) is 6.99. The number of alkyl halides is 6. The molecule has 0 spiro atoms. The molecule has 0 aliphatic carbocycles. The number of carbonyl (C=O) groups excluding carboxylic acids is 1. The number of hydrogen-bond acceptors (Lipinski definition) is 6. The lowest BCUT2D eigenvalue weighted by Gasteiger charge is -2.46. The van der Waals surface area contributed by atoms with E-state index < -0.39 is 59.2 Å². The Balaban J connectivity index is 1.82. The smallest absolute Gasteiger partial charge is 0.340 e. The minimum absolute atomic E-state index is 0.153. The van der Waals surface area contributed by atoms with E-state index in [2.05, 4.69) is 14.7 Å². The second-order valence-electron chi connectivity index (χ2n) is 8.85. The van der Waals surface area contributed by atoms with Gasteiger partial charge in [0.1, 0.15) is 17.3 Å². The van der Waals surface area contributed by atoms with Crippen LogP contribution in [0.3, 0.4) is 0 Å². The first-order valence-corrected chi connectivity index (χ1v) is 10.5. The number of ketones is 1. The van der Waals surface area contributed by atoms with Crippen LogP contribution in [-0.2, 0) is 16.7 Å². The maximum absolute atomic E-state index is 15.3. The van der Waals surface area contributed by atoms with Crippen LogP contribution in [0.4, 0.5) is 30.7 Å². The van der Waals surface area contributed by atoms with Gasteiger partial charge in [-0.1, -0.05) is 6.07 Å². The molecule has 6 nitrogen and oxygen atoms in total. The summed E-state index contributed by atoms with van der Waals surface area (Å²) in [7, 11) is 0. The van der Waals surface area contributed by atoms with Gasteiger partial charge >= 0.3 is 18.3 Å². The number of amidine groups is 1. The zero-order chi connectivity index (χ0) is 27.1. The molecule has 2 aromatic rings. The van der Waals surface area contributed by atoms with E-state index in [9.17, 15) is 26.7 Å². The van der Waals surface area contributed by atoms with E-state index in [4.69, 9.17) is 10.5 Å². The Bertz CT molecular complexity index is 1170.